The van der Waals surface area contributed by atoms with Crippen molar-refractivity contribution in [1.29, 1.82) is 0 Å². The summed E-state index contributed by atoms with van der Waals surface area (Å²) in [6, 6.07) is 8.63. The fourth-order valence-corrected chi connectivity index (χ4v) is 3.30. The lowest BCUT2D eigenvalue weighted by Gasteiger charge is -2.16. The average molecular weight is 351 g/mol. The van der Waals surface area contributed by atoms with E-state index in [1.807, 2.05) is 0 Å². The third kappa shape index (κ3) is 3.50. The van der Waals surface area contributed by atoms with Gasteiger partial charge < -0.3 is 14.8 Å². The smallest absolute Gasteiger partial charge is 0.157 e. The predicted octanol–water partition coefficient (Wildman–Crippen LogP) is 4.57. The van der Waals surface area contributed by atoms with Crippen molar-refractivity contribution in [2.75, 3.05) is 18.5 Å². The number of aromatic nitrogens is 2. The Kier molecular flexibility index (Phi) is 5.00. The van der Waals surface area contributed by atoms with E-state index < -0.39 is 0 Å². The first kappa shape index (κ1) is 17.2. The summed E-state index contributed by atoms with van der Waals surface area (Å²) in [5.74, 6) is 2.22. The van der Waals surface area contributed by atoms with Crippen molar-refractivity contribution >= 4 is 17.1 Å². The third-order valence-electron chi connectivity index (χ3n) is 5.18. The maximum absolute atomic E-state index is 5.61. The van der Waals surface area contributed by atoms with Crippen LogP contribution in [0.1, 0.15) is 55.3 Å². The Morgan fingerprint density at radius 1 is 1.12 bits per heavy atom. The molecule has 0 saturated carbocycles. The molecule has 0 aliphatic carbocycles. The fourth-order valence-electron chi connectivity index (χ4n) is 3.30. The summed E-state index contributed by atoms with van der Waals surface area (Å²) in [6.07, 6.45) is 4.07. The Bertz CT molecular complexity index is 815. The molecule has 1 N–H and O–H groups in total. The molecule has 2 aliphatic rings. The summed E-state index contributed by atoms with van der Waals surface area (Å²) >= 11 is 0. The first-order chi connectivity index (χ1) is 12.7. The number of anilines is 2. The monoisotopic (exact) mass is 351 g/mol. The molecule has 0 fully saturated rings. The summed E-state index contributed by atoms with van der Waals surface area (Å²) < 4.78 is 11.0. The van der Waals surface area contributed by atoms with Crippen LogP contribution in [0.15, 0.2) is 30.3 Å². The van der Waals surface area contributed by atoms with Crippen LogP contribution in [0.3, 0.4) is 0 Å². The van der Waals surface area contributed by atoms with Gasteiger partial charge in [0.25, 0.3) is 0 Å². The quantitative estimate of drug-likeness (QED) is 0.855. The largest absolute Gasteiger partial charge is 0.377 e. The van der Waals surface area contributed by atoms with Crippen LogP contribution in [0.5, 0.6) is 0 Å². The van der Waals surface area contributed by atoms with Crippen LogP contribution in [0.2, 0.25) is 0 Å². The van der Waals surface area contributed by atoms with Crippen molar-refractivity contribution in [2.45, 2.75) is 45.8 Å². The van der Waals surface area contributed by atoms with Crippen LogP contribution in [0.25, 0.3) is 5.57 Å². The fraction of sp³-hybridized carbons (Fsp3) is 0.429. The van der Waals surface area contributed by atoms with Crippen LogP contribution in [0.4, 0.5) is 11.5 Å². The first-order valence-electron chi connectivity index (χ1n) is 9.36. The van der Waals surface area contributed by atoms with Gasteiger partial charge in [-0.3, -0.25) is 0 Å². The van der Waals surface area contributed by atoms with Gasteiger partial charge in [-0.2, -0.15) is 0 Å². The van der Waals surface area contributed by atoms with E-state index >= 15 is 0 Å². The molecule has 1 atom stereocenters. The standard InChI is InChI=1S/C21H25N3O2/c1-3-14(2)15-4-6-17(7-5-15)22-21-18-12-26-13-19(18)23-20(24-21)16-8-10-25-11-9-16/h4-8,14H,3,9-13H2,1-2H3,(H,22,23,24). The molecule has 5 heteroatoms. The maximum atomic E-state index is 5.61. The normalized spacial score (nSPS) is 17.5. The Balaban J connectivity index is 1.63. The van der Waals surface area contributed by atoms with Crippen molar-refractivity contribution in [3.8, 4) is 0 Å². The summed E-state index contributed by atoms with van der Waals surface area (Å²) in [7, 11) is 0. The van der Waals surface area contributed by atoms with E-state index in [9.17, 15) is 0 Å². The first-order valence-corrected chi connectivity index (χ1v) is 9.36. The van der Waals surface area contributed by atoms with Gasteiger partial charge >= 0.3 is 0 Å². The Labute approximate surface area is 154 Å². The molecule has 26 heavy (non-hydrogen) atoms. The number of rotatable bonds is 5. The van der Waals surface area contributed by atoms with E-state index in [2.05, 4.69) is 49.5 Å². The van der Waals surface area contributed by atoms with Gasteiger partial charge in [0.05, 0.1) is 32.1 Å². The van der Waals surface area contributed by atoms with Crippen molar-refractivity contribution in [1.82, 2.24) is 9.97 Å². The van der Waals surface area contributed by atoms with E-state index in [1.165, 1.54) is 5.56 Å². The molecule has 0 amide bonds. The molecule has 5 nitrogen and oxygen atoms in total. The molecule has 2 aromatic rings. The Hall–Kier alpha value is -2.24. The number of benzene rings is 1. The van der Waals surface area contributed by atoms with Gasteiger partial charge in [-0.05, 0) is 42.0 Å². The van der Waals surface area contributed by atoms with E-state index in [0.29, 0.717) is 25.7 Å². The minimum atomic E-state index is 0.552. The topological polar surface area (TPSA) is 56.3 Å². The van der Waals surface area contributed by atoms with Crippen molar-refractivity contribution in [3.05, 3.63) is 53.0 Å². The van der Waals surface area contributed by atoms with Crippen LogP contribution in [-0.4, -0.2) is 23.2 Å². The van der Waals surface area contributed by atoms with E-state index in [4.69, 9.17) is 19.4 Å². The summed E-state index contributed by atoms with van der Waals surface area (Å²) in [6.45, 7) is 6.94. The minimum absolute atomic E-state index is 0.552. The van der Waals surface area contributed by atoms with Crippen LogP contribution < -0.4 is 5.32 Å². The lowest BCUT2D eigenvalue weighted by Crippen LogP contribution is -2.10. The predicted molar refractivity (Wildman–Crippen MR) is 102 cm³/mol. The molecule has 136 valence electrons. The lowest BCUT2D eigenvalue weighted by atomic mass is 9.98. The number of hydrogen-bond donors (Lipinski definition) is 1. The van der Waals surface area contributed by atoms with Crippen LogP contribution in [0, 0.1) is 0 Å². The zero-order valence-electron chi connectivity index (χ0n) is 15.4. The van der Waals surface area contributed by atoms with Gasteiger partial charge in [-0.1, -0.05) is 32.1 Å². The van der Waals surface area contributed by atoms with Crippen LogP contribution in [-0.2, 0) is 22.7 Å². The highest BCUT2D eigenvalue weighted by atomic mass is 16.5. The van der Waals surface area contributed by atoms with Crippen LogP contribution >= 0.6 is 0 Å². The van der Waals surface area contributed by atoms with Crippen molar-refractivity contribution < 1.29 is 9.47 Å². The number of ether oxygens (including phenoxy) is 2. The Morgan fingerprint density at radius 3 is 2.69 bits per heavy atom. The molecule has 0 saturated heterocycles. The molecular formula is C21H25N3O2. The van der Waals surface area contributed by atoms with Gasteiger partial charge in [0, 0.05) is 11.3 Å². The second-order valence-corrected chi connectivity index (χ2v) is 6.92. The highest BCUT2D eigenvalue weighted by molar-refractivity contribution is 5.66. The van der Waals surface area contributed by atoms with Crippen molar-refractivity contribution in [2.24, 2.45) is 0 Å². The summed E-state index contributed by atoms with van der Waals surface area (Å²) in [5.41, 5.74) is 5.61. The van der Waals surface area contributed by atoms with Gasteiger partial charge in [0.1, 0.15) is 5.82 Å². The Morgan fingerprint density at radius 2 is 1.96 bits per heavy atom. The lowest BCUT2D eigenvalue weighted by molar-refractivity contribution is 0.133. The number of hydrogen-bond acceptors (Lipinski definition) is 5. The SMILES string of the molecule is CCC(C)c1ccc(Nc2nc(C3=CCOCC3)nc3c2COC3)cc1. The highest BCUT2D eigenvalue weighted by Crippen LogP contribution is 2.30. The van der Waals surface area contributed by atoms with E-state index in [0.717, 1.165) is 53.6 Å². The van der Waals surface area contributed by atoms with Gasteiger partial charge in [-0.25, -0.2) is 9.97 Å². The molecule has 0 spiro atoms. The highest BCUT2D eigenvalue weighted by Gasteiger charge is 2.22. The molecule has 0 radical (unpaired) electrons. The van der Waals surface area contributed by atoms with E-state index in [1.54, 1.807) is 0 Å². The maximum Gasteiger partial charge on any atom is 0.157 e. The summed E-state index contributed by atoms with van der Waals surface area (Å²) in [4.78, 5) is 9.54. The number of nitrogens with zero attached hydrogens (tertiary/aromatic N) is 2. The second kappa shape index (κ2) is 7.56. The average Bonchev–Trinajstić information content (AvgIpc) is 3.17. The van der Waals surface area contributed by atoms with Gasteiger partial charge in [0.15, 0.2) is 5.82 Å². The molecule has 3 heterocycles. The van der Waals surface area contributed by atoms with Crippen molar-refractivity contribution in [3.63, 3.8) is 0 Å². The minimum Gasteiger partial charge on any atom is -0.377 e. The molecule has 2 aliphatic heterocycles. The molecule has 0 bridgehead atoms. The van der Waals surface area contributed by atoms with Gasteiger partial charge in [-0.15, -0.1) is 0 Å². The zero-order valence-corrected chi connectivity index (χ0v) is 15.4. The molecular weight excluding hydrogens is 326 g/mol. The molecule has 1 unspecified atom stereocenters. The summed E-state index contributed by atoms with van der Waals surface area (Å²) in [5, 5.41) is 3.48. The number of nitrogens with one attached hydrogen (secondary N) is 1. The molecule has 4 rings (SSSR count). The zero-order chi connectivity index (χ0) is 17.9. The molecule has 1 aromatic carbocycles. The number of fused-ring (bicyclic) bond motifs is 1. The second-order valence-electron chi connectivity index (χ2n) is 6.92. The molecule has 1 aromatic heterocycles. The van der Waals surface area contributed by atoms with E-state index in [-0.39, 0.29) is 0 Å². The van der Waals surface area contributed by atoms with Gasteiger partial charge in [0.2, 0.25) is 0 Å². The third-order valence-corrected chi connectivity index (χ3v) is 5.18.